The van der Waals surface area contributed by atoms with E-state index in [2.05, 4.69) is 10.3 Å². The van der Waals surface area contributed by atoms with Gasteiger partial charge in [0, 0.05) is 26.0 Å². The Balaban J connectivity index is 2.28. The summed E-state index contributed by atoms with van der Waals surface area (Å²) in [4.78, 5) is 14.1. The fourth-order valence-electron chi connectivity index (χ4n) is 1.03. The van der Waals surface area contributed by atoms with Crippen molar-refractivity contribution in [3.8, 4) is 0 Å². The highest BCUT2D eigenvalue weighted by Gasteiger charge is 2.08. The zero-order valence-electron chi connectivity index (χ0n) is 7.99. The van der Waals surface area contributed by atoms with Crippen molar-refractivity contribution in [2.75, 3.05) is 20.3 Å². The number of aromatic amines is 1. The van der Waals surface area contributed by atoms with E-state index in [1.165, 1.54) is 7.11 Å². The lowest BCUT2D eigenvalue weighted by molar-refractivity contribution is 0.0610. The van der Waals surface area contributed by atoms with Crippen LogP contribution in [0.5, 0.6) is 0 Å². The van der Waals surface area contributed by atoms with E-state index in [1.54, 1.807) is 18.5 Å². The van der Waals surface area contributed by atoms with Crippen LogP contribution in [0.25, 0.3) is 0 Å². The molecule has 1 atom stereocenters. The number of H-pyrrole nitrogens is 1. The van der Waals surface area contributed by atoms with Crippen LogP contribution in [0.15, 0.2) is 18.5 Å². The predicted molar refractivity (Wildman–Crippen MR) is 51.0 cm³/mol. The van der Waals surface area contributed by atoms with Crippen LogP contribution in [-0.2, 0) is 4.74 Å². The normalized spacial score (nSPS) is 12.4. The summed E-state index contributed by atoms with van der Waals surface area (Å²) in [6, 6.07) is 1.66. The lowest BCUT2D eigenvalue weighted by Gasteiger charge is -2.09. The molecule has 0 fully saturated rings. The van der Waals surface area contributed by atoms with Crippen LogP contribution < -0.4 is 5.32 Å². The van der Waals surface area contributed by atoms with Gasteiger partial charge in [-0.15, -0.1) is 0 Å². The van der Waals surface area contributed by atoms with E-state index in [0.29, 0.717) is 5.56 Å². The van der Waals surface area contributed by atoms with Gasteiger partial charge in [-0.05, 0) is 6.07 Å². The SMILES string of the molecule is COCC(O)CNC(=O)c1cc[nH]c1. The second kappa shape index (κ2) is 5.41. The molecule has 1 heterocycles. The Kier molecular flexibility index (Phi) is 4.15. The molecular formula is C9H14N2O3. The quantitative estimate of drug-likeness (QED) is 0.611. The Bertz CT molecular complexity index is 272. The molecule has 0 radical (unpaired) electrons. The Morgan fingerprint density at radius 1 is 1.79 bits per heavy atom. The number of aliphatic hydroxyl groups is 1. The van der Waals surface area contributed by atoms with Crippen LogP contribution in [0.4, 0.5) is 0 Å². The van der Waals surface area contributed by atoms with Gasteiger partial charge in [-0.2, -0.15) is 0 Å². The minimum absolute atomic E-state index is 0.192. The monoisotopic (exact) mass is 198 g/mol. The molecule has 1 rings (SSSR count). The minimum atomic E-state index is -0.664. The molecule has 1 aromatic heterocycles. The smallest absolute Gasteiger partial charge is 0.252 e. The van der Waals surface area contributed by atoms with Gasteiger partial charge in [0.05, 0.1) is 18.3 Å². The van der Waals surface area contributed by atoms with Gasteiger partial charge >= 0.3 is 0 Å². The molecule has 0 aromatic carbocycles. The summed E-state index contributed by atoms with van der Waals surface area (Å²) in [6.07, 6.45) is 2.60. The molecule has 5 nitrogen and oxygen atoms in total. The first-order chi connectivity index (χ1) is 6.74. The highest BCUT2D eigenvalue weighted by Crippen LogP contribution is 1.95. The first-order valence-corrected chi connectivity index (χ1v) is 4.32. The van der Waals surface area contributed by atoms with Gasteiger partial charge in [-0.3, -0.25) is 4.79 Å². The van der Waals surface area contributed by atoms with Crippen LogP contribution >= 0.6 is 0 Å². The summed E-state index contributed by atoms with van der Waals surface area (Å²) in [7, 11) is 1.50. The zero-order valence-corrected chi connectivity index (χ0v) is 7.99. The molecule has 0 aliphatic rings. The third kappa shape index (κ3) is 3.20. The second-order valence-electron chi connectivity index (χ2n) is 2.92. The lowest BCUT2D eigenvalue weighted by atomic mass is 10.3. The van der Waals surface area contributed by atoms with Crippen LogP contribution in [-0.4, -0.2) is 42.4 Å². The van der Waals surface area contributed by atoms with Crippen LogP contribution in [0.2, 0.25) is 0 Å². The van der Waals surface area contributed by atoms with Gasteiger partial charge in [0.2, 0.25) is 0 Å². The minimum Gasteiger partial charge on any atom is -0.389 e. The first-order valence-electron chi connectivity index (χ1n) is 4.32. The van der Waals surface area contributed by atoms with E-state index >= 15 is 0 Å². The van der Waals surface area contributed by atoms with E-state index in [0.717, 1.165) is 0 Å². The van der Waals surface area contributed by atoms with Gasteiger partial charge in [-0.25, -0.2) is 0 Å². The van der Waals surface area contributed by atoms with Gasteiger partial charge in [0.1, 0.15) is 0 Å². The zero-order chi connectivity index (χ0) is 10.4. The van der Waals surface area contributed by atoms with Crippen molar-refractivity contribution in [3.05, 3.63) is 24.0 Å². The molecule has 1 amide bonds. The van der Waals surface area contributed by atoms with Crippen molar-refractivity contribution < 1.29 is 14.6 Å². The Labute approximate surface area is 82.1 Å². The van der Waals surface area contributed by atoms with E-state index < -0.39 is 6.10 Å². The third-order valence-corrected chi connectivity index (χ3v) is 1.72. The Morgan fingerprint density at radius 2 is 2.57 bits per heavy atom. The highest BCUT2D eigenvalue weighted by molar-refractivity contribution is 5.93. The van der Waals surface area contributed by atoms with E-state index in [4.69, 9.17) is 4.74 Å². The maximum Gasteiger partial charge on any atom is 0.252 e. The van der Waals surface area contributed by atoms with E-state index in [1.807, 2.05) is 0 Å². The van der Waals surface area contributed by atoms with Crippen molar-refractivity contribution in [1.82, 2.24) is 10.3 Å². The summed E-state index contributed by atoms with van der Waals surface area (Å²) >= 11 is 0. The van der Waals surface area contributed by atoms with Gasteiger partial charge < -0.3 is 20.1 Å². The van der Waals surface area contributed by atoms with Crippen LogP contribution in [0.3, 0.4) is 0 Å². The van der Waals surface area contributed by atoms with Crippen molar-refractivity contribution in [1.29, 1.82) is 0 Å². The number of nitrogens with one attached hydrogen (secondary N) is 2. The number of ether oxygens (including phenoxy) is 1. The molecule has 78 valence electrons. The second-order valence-corrected chi connectivity index (χ2v) is 2.92. The molecule has 0 spiro atoms. The average Bonchev–Trinajstić information content (AvgIpc) is 2.67. The number of aliphatic hydroxyl groups excluding tert-OH is 1. The largest absolute Gasteiger partial charge is 0.389 e. The molecule has 0 bridgehead atoms. The number of hydrogen-bond donors (Lipinski definition) is 3. The molecule has 0 saturated carbocycles. The summed E-state index contributed by atoms with van der Waals surface area (Å²) in [5.74, 6) is -0.207. The fourth-order valence-corrected chi connectivity index (χ4v) is 1.03. The summed E-state index contributed by atoms with van der Waals surface area (Å²) in [6.45, 7) is 0.408. The molecule has 14 heavy (non-hydrogen) atoms. The number of carbonyl (C=O) groups excluding carboxylic acids is 1. The van der Waals surface area contributed by atoms with E-state index in [9.17, 15) is 9.90 Å². The maximum atomic E-state index is 11.3. The molecule has 0 aliphatic heterocycles. The first kappa shape index (κ1) is 10.7. The Morgan fingerprint density at radius 3 is 3.14 bits per heavy atom. The number of carbonyl (C=O) groups is 1. The number of methoxy groups -OCH3 is 1. The molecule has 1 aromatic rings. The summed E-state index contributed by atoms with van der Waals surface area (Å²) in [5.41, 5.74) is 0.551. The number of rotatable bonds is 5. The van der Waals surface area contributed by atoms with Gasteiger partial charge in [0.15, 0.2) is 0 Å². The summed E-state index contributed by atoms with van der Waals surface area (Å²) < 4.78 is 4.72. The third-order valence-electron chi connectivity index (χ3n) is 1.72. The Hall–Kier alpha value is -1.33. The van der Waals surface area contributed by atoms with Gasteiger partial charge in [0.25, 0.3) is 5.91 Å². The average molecular weight is 198 g/mol. The maximum absolute atomic E-state index is 11.3. The topological polar surface area (TPSA) is 74.3 Å². The van der Waals surface area contributed by atoms with Crippen molar-refractivity contribution in [2.24, 2.45) is 0 Å². The van der Waals surface area contributed by atoms with Crippen molar-refractivity contribution in [2.45, 2.75) is 6.10 Å². The number of aromatic nitrogens is 1. The molecule has 0 aliphatic carbocycles. The standard InChI is InChI=1S/C9H14N2O3/c1-14-6-8(12)5-11-9(13)7-2-3-10-4-7/h2-4,8,10,12H,5-6H2,1H3,(H,11,13). The highest BCUT2D eigenvalue weighted by atomic mass is 16.5. The number of hydrogen-bond acceptors (Lipinski definition) is 3. The molecule has 1 unspecified atom stereocenters. The summed E-state index contributed by atoms with van der Waals surface area (Å²) in [5, 5.41) is 11.8. The van der Waals surface area contributed by atoms with Crippen LogP contribution in [0, 0.1) is 0 Å². The van der Waals surface area contributed by atoms with Crippen molar-refractivity contribution in [3.63, 3.8) is 0 Å². The molecule has 3 N–H and O–H groups in total. The predicted octanol–water partition coefficient (Wildman–Crippen LogP) is -0.248. The lowest BCUT2D eigenvalue weighted by Crippen LogP contribution is -2.34. The van der Waals surface area contributed by atoms with Crippen molar-refractivity contribution >= 4 is 5.91 Å². The number of amides is 1. The molecular weight excluding hydrogens is 184 g/mol. The fraction of sp³-hybridized carbons (Fsp3) is 0.444. The molecule has 0 saturated heterocycles. The van der Waals surface area contributed by atoms with E-state index in [-0.39, 0.29) is 19.1 Å². The van der Waals surface area contributed by atoms with Gasteiger partial charge in [-0.1, -0.05) is 0 Å². The molecule has 5 heteroatoms. The van der Waals surface area contributed by atoms with Crippen LogP contribution in [0.1, 0.15) is 10.4 Å².